The number of anilines is 1. The van der Waals surface area contributed by atoms with E-state index in [9.17, 15) is 18.3 Å². The number of hydrogen-bond acceptors (Lipinski definition) is 5. The Hall–Kier alpha value is -1.76. The van der Waals surface area contributed by atoms with Gasteiger partial charge in [-0.25, -0.2) is 8.42 Å². The van der Waals surface area contributed by atoms with E-state index < -0.39 is 21.7 Å². The zero-order chi connectivity index (χ0) is 13.8. The molecular weight excluding hydrogens is 258 g/mol. The van der Waals surface area contributed by atoms with E-state index >= 15 is 0 Å². The highest BCUT2D eigenvalue weighted by molar-refractivity contribution is 7.93. The molecule has 0 aliphatic heterocycles. The first-order valence-electron chi connectivity index (χ1n) is 5.30. The van der Waals surface area contributed by atoms with Crippen LogP contribution in [0, 0.1) is 6.92 Å². The summed E-state index contributed by atoms with van der Waals surface area (Å²) in [5.74, 6) is -1.82. The molecule has 1 rings (SSSR count). The fraction of sp³-hybridized carbons (Fsp3) is 0.364. The molecule has 1 aromatic rings. The number of hydrogen-bond donors (Lipinski definition) is 2. The van der Waals surface area contributed by atoms with Crippen LogP contribution in [-0.4, -0.2) is 31.9 Å². The minimum absolute atomic E-state index is 0.0410. The normalized spacial score (nSPS) is 11.0. The van der Waals surface area contributed by atoms with Crippen molar-refractivity contribution in [2.75, 3.05) is 17.1 Å². The molecule has 0 heterocycles. The van der Waals surface area contributed by atoms with Crippen molar-refractivity contribution >= 4 is 21.7 Å². The highest BCUT2D eigenvalue weighted by atomic mass is 32.2. The fourth-order valence-electron chi connectivity index (χ4n) is 1.29. The third-order valence-electron chi connectivity index (χ3n) is 2.03. The van der Waals surface area contributed by atoms with Gasteiger partial charge in [0.15, 0.2) is 5.75 Å². The SMILES string of the molecule is CCOC(=O)CS(=O)(=O)Nc1cc(C)ccc1O. The molecule has 0 aromatic heterocycles. The largest absolute Gasteiger partial charge is 0.506 e. The molecule has 18 heavy (non-hydrogen) atoms. The second-order valence-electron chi connectivity index (χ2n) is 3.69. The highest BCUT2D eigenvalue weighted by Gasteiger charge is 2.18. The van der Waals surface area contributed by atoms with Crippen molar-refractivity contribution < 1.29 is 23.1 Å². The third-order valence-corrected chi connectivity index (χ3v) is 3.18. The van der Waals surface area contributed by atoms with Gasteiger partial charge in [0, 0.05) is 0 Å². The molecule has 0 spiro atoms. The third kappa shape index (κ3) is 4.25. The van der Waals surface area contributed by atoms with Crippen LogP contribution in [0.4, 0.5) is 5.69 Å². The number of phenolic OH excluding ortho intramolecular Hbond substituents is 1. The molecule has 0 saturated heterocycles. The molecule has 0 radical (unpaired) electrons. The minimum Gasteiger partial charge on any atom is -0.506 e. The summed E-state index contributed by atoms with van der Waals surface area (Å²) in [5, 5.41) is 9.49. The van der Waals surface area contributed by atoms with Gasteiger partial charge in [0.05, 0.1) is 12.3 Å². The Morgan fingerprint density at radius 3 is 2.72 bits per heavy atom. The van der Waals surface area contributed by atoms with Gasteiger partial charge in [0.25, 0.3) is 0 Å². The molecular formula is C11H15NO5S. The Morgan fingerprint density at radius 2 is 2.11 bits per heavy atom. The summed E-state index contributed by atoms with van der Waals surface area (Å²) in [6.45, 7) is 3.46. The van der Waals surface area contributed by atoms with E-state index in [1.165, 1.54) is 12.1 Å². The van der Waals surface area contributed by atoms with E-state index in [1.807, 2.05) is 0 Å². The summed E-state index contributed by atoms with van der Waals surface area (Å²) in [6, 6.07) is 4.48. The van der Waals surface area contributed by atoms with Gasteiger partial charge in [-0.2, -0.15) is 0 Å². The van der Waals surface area contributed by atoms with Gasteiger partial charge in [0.2, 0.25) is 10.0 Å². The smallest absolute Gasteiger partial charge is 0.323 e. The first-order chi connectivity index (χ1) is 8.34. The molecule has 100 valence electrons. The van der Waals surface area contributed by atoms with E-state index in [2.05, 4.69) is 9.46 Å². The van der Waals surface area contributed by atoms with Crippen LogP contribution in [0.15, 0.2) is 18.2 Å². The lowest BCUT2D eigenvalue weighted by molar-refractivity contribution is -0.139. The van der Waals surface area contributed by atoms with E-state index in [0.29, 0.717) is 0 Å². The van der Waals surface area contributed by atoms with Gasteiger partial charge in [-0.1, -0.05) is 6.07 Å². The van der Waals surface area contributed by atoms with Crippen molar-refractivity contribution in [2.24, 2.45) is 0 Å². The topological polar surface area (TPSA) is 92.7 Å². The summed E-state index contributed by atoms with van der Waals surface area (Å²) >= 11 is 0. The number of carbonyl (C=O) groups is 1. The Labute approximate surface area is 106 Å². The fourth-order valence-corrected chi connectivity index (χ4v) is 2.26. The second kappa shape index (κ2) is 5.72. The predicted octanol–water partition coefficient (Wildman–Crippen LogP) is 1.01. The van der Waals surface area contributed by atoms with Gasteiger partial charge in [-0.15, -0.1) is 0 Å². The molecule has 0 aliphatic rings. The van der Waals surface area contributed by atoms with Gasteiger partial charge < -0.3 is 9.84 Å². The number of carbonyl (C=O) groups excluding carboxylic acids is 1. The molecule has 0 aliphatic carbocycles. The van der Waals surface area contributed by atoms with E-state index in [4.69, 9.17) is 0 Å². The second-order valence-corrected chi connectivity index (χ2v) is 5.41. The van der Waals surface area contributed by atoms with Crippen molar-refractivity contribution in [1.82, 2.24) is 0 Å². The molecule has 2 N–H and O–H groups in total. The number of ether oxygens (including phenoxy) is 1. The number of aromatic hydroxyl groups is 1. The molecule has 0 unspecified atom stereocenters. The summed E-state index contributed by atoms with van der Waals surface area (Å²) in [4.78, 5) is 11.1. The number of rotatable bonds is 5. The standard InChI is InChI=1S/C11H15NO5S/c1-3-17-11(14)7-18(15,16)12-9-6-8(2)4-5-10(9)13/h4-6,12-13H,3,7H2,1-2H3. The molecule has 0 amide bonds. The van der Waals surface area contributed by atoms with Crippen molar-refractivity contribution in [3.05, 3.63) is 23.8 Å². The number of phenols is 1. The summed E-state index contributed by atoms with van der Waals surface area (Å²) in [5.41, 5.74) is 0.820. The molecule has 0 bridgehead atoms. The first kappa shape index (κ1) is 14.3. The number of sulfonamides is 1. The van der Waals surface area contributed by atoms with Crippen LogP contribution in [0.2, 0.25) is 0 Å². The van der Waals surface area contributed by atoms with E-state index in [-0.39, 0.29) is 18.0 Å². The maximum Gasteiger partial charge on any atom is 0.323 e. The number of nitrogens with one attached hydrogen (secondary N) is 1. The zero-order valence-corrected chi connectivity index (χ0v) is 11.0. The van der Waals surface area contributed by atoms with Crippen molar-refractivity contribution in [1.29, 1.82) is 0 Å². The van der Waals surface area contributed by atoms with Gasteiger partial charge in [-0.05, 0) is 31.5 Å². The van der Waals surface area contributed by atoms with Gasteiger partial charge in [-0.3, -0.25) is 9.52 Å². The van der Waals surface area contributed by atoms with Crippen LogP contribution >= 0.6 is 0 Å². The molecule has 1 aromatic carbocycles. The first-order valence-corrected chi connectivity index (χ1v) is 6.95. The Bertz CT molecular complexity index is 538. The summed E-state index contributed by atoms with van der Waals surface area (Å²) < 4.78 is 29.9. The van der Waals surface area contributed by atoms with Crippen LogP contribution < -0.4 is 4.72 Å². The average molecular weight is 273 g/mol. The Kier molecular flexibility index (Phi) is 4.55. The number of aryl methyl sites for hydroxylation is 1. The maximum atomic E-state index is 11.6. The lowest BCUT2D eigenvalue weighted by Crippen LogP contribution is -2.24. The zero-order valence-electron chi connectivity index (χ0n) is 10.1. The Morgan fingerprint density at radius 1 is 1.44 bits per heavy atom. The molecule has 0 fully saturated rings. The monoisotopic (exact) mass is 273 g/mol. The van der Waals surface area contributed by atoms with Crippen LogP contribution in [0.25, 0.3) is 0 Å². The minimum atomic E-state index is -3.88. The molecule has 0 saturated carbocycles. The maximum absolute atomic E-state index is 11.6. The van der Waals surface area contributed by atoms with Crippen molar-refractivity contribution in [3.63, 3.8) is 0 Å². The molecule has 6 nitrogen and oxygen atoms in total. The number of esters is 1. The van der Waals surface area contributed by atoms with Crippen molar-refractivity contribution in [3.8, 4) is 5.75 Å². The lowest BCUT2D eigenvalue weighted by atomic mass is 10.2. The van der Waals surface area contributed by atoms with Crippen LogP contribution in [0.1, 0.15) is 12.5 Å². The number of benzene rings is 1. The molecule has 0 atom stereocenters. The lowest BCUT2D eigenvalue weighted by Gasteiger charge is -2.09. The summed E-state index contributed by atoms with van der Waals surface area (Å²) in [6.07, 6.45) is 0. The predicted molar refractivity (Wildman–Crippen MR) is 66.9 cm³/mol. The summed E-state index contributed by atoms with van der Waals surface area (Å²) in [7, 11) is -3.88. The van der Waals surface area contributed by atoms with E-state index in [1.54, 1.807) is 19.9 Å². The van der Waals surface area contributed by atoms with Crippen LogP contribution in [-0.2, 0) is 19.6 Å². The van der Waals surface area contributed by atoms with Crippen LogP contribution in [0.3, 0.4) is 0 Å². The quantitative estimate of drug-likeness (QED) is 0.617. The van der Waals surface area contributed by atoms with Gasteiger partial charge in [0.1, 0.15) is 5.75 Å². The Balaban J connectivity index is 2.82. The highest BCUT2D eigenvalue weighted by Crippen LogP contribution is 2.24. The van der Waals surface area contributed by atoms with Gasteiger partial charge >= 0.3 is 5.97 Å². The van der Waals surface area contributed by atoms with E-state index in [0.717, 1.165) is 5.56 Å². The average Bonchev–Trinajstić information content (AvgIpc) is 2.22. The molecule has 7 heteroatoms. The van der Waals surface area contributed by atoms with Crippen LogP contribution in [0.5, 0.6) is 5.75 Å². The van der Waals surface area contributed by atoms with Crippen molar-refractivity contribution in [2.45, 2.75) is 13.8 Å².